The van der Waals surface area contributed by atoms with Gasteiger partial charge >= 0.3 is 12.0 Å². The number of carbonyl (C=O) groups excluding carboxylic acids is 3. The van der Waals surface area contributed by atoms with Crippen molar-refractivity contribution in [2.75, 3.05) is 19.0 Å². The number of esters is 1. The fourth-order valence-electron chi connectivity index (χ4n) is 3.21. The number of benzene rings is 1. The molecule has 9 heteroatoms. The van der Waals surface area contributed by atoms with Crippen molar-refractivity contribution in [2.45, 2.75) is 38.3 Å². The van der Waals surface area contributed by atoms with E-state index in [0.717, 1.165) is 18.4 Å². The lowest BCUT2D eigenvalue weighted by Gasteiger charge is -2.15. The molecule has 0 bridgehead atoms. The van der Waals surface area contributed by atoms with E-state index in [0.29, 0.717) is 17.1 Å². The maximum atomic E-state index is 12.3. The lowest BCUT2D eigenvalue weighted by Crippen LogP contribution is -2.30. The van der Waals surface area contributed by atoms with E-state index in [-0.39, 0.29) is 19.2 Å². The number of nitrogens with one attached hydrogen (secondary N) is 3. The summed E-state index contributed by atoms with van der Waals surface area (Å²) in [5, 5.41) is 7.95. The maximum Gasteiger partial charge on any atom is 0.325 e. The smallest absolute Gasteiger partial charge is 0.325 e. The number of methoxy groups -OCH3 is 1. The number of anilines is 1. The van der Waals surface area contributed by atoms with E-state index in [9.17, 15) is 14.4 Å². The monoisotopic (exact) mass is 426 g/mol. The molecule has 0 saturated heterocycles. The summed E-state index contributed by atoms with van der Waals surface area (Å²) in [6, 6.07) is 9.60. The van der Waals surface area contributed by atoms with Crippen LogP contribution in [0, 0.1) is 0 Å². The zero-order valence-electron chi connectivity index (χ0n) is 17.3. The van der Waals surface area contributed by atoms with Crippen molar-refractivity contribution in [1.82, 2.24) is 15.6 Å². The van der Waals surface area contributed by atoms with Crippen LogP contribution in [0.4, 0.5) is 10.5 Å². The Labute approximate surface area is 180 Å². The molecule has 3 amide bonds. The van der Waals surface area contributed by atoms with E-state index in [1.54, 1.807) is 36.5 Å². The highest BCUT2D eigenvalue weighted by Crippen LogP contribution is 2.25. The second kappa shape index (κ2) is 11.0. The molecule has 164 valence electrons. The molecule has 3 N–H and O–H groups in total. The molecule has 1 saturated carbocycles. The molecule has 1 fully saturated rings. The molecule has 1 aliphatic carbocycles. The van der Waals surface area contributed by atoms with Crippen LogP contribution in [0.1, 0.15) is 41.6 Å². The van der Waals surface area contributed by atoms with Gasteiger partial charge < -0.3 is 25.4 Å². The fraction of sp³-hybridized carbons (Fsp3) is 0.364. The Morgan fingerprint density at radius 1 is 1.06 bits per heavy atom. The topological polar surface area (TPSA) is 119 Å². The Morgan fingerprint density at radius 2 is 1.81 bits per heavy atom. The minimum atomic E-state index is -0.534. The summed E-state index contributed by atoms with van der Waals surface area (Å²) in [6.45, 7) is 0.0638. The Kier molecular flexibility index (Phi) is 7.80. The number of hydrogen-bond donors (Lipinski definition) is 3. The normalized spacial score (nSPS) is 13.3. The Balaban J connectivity index is 1.49. The van der Waals surface area contributed by atoms with Gasteiger partial charge in [0, 0.05) is 29.6 Å². The lowest BCUT2D eigenvalue weighted by molar-refractivity contribution is -0.139. The highest BCUT2D eigenvalue weighted by Gasteiger charge is 2.18. The molecular weight excluding hydrogens is 400 g/mol. The Hall–Kier alpha value is -3.62. The molecule has 1 aliphatic rings. The van der Waals surface area contributed by atoms with Crippen LogP contribution < -0.4 is 20.7 Å². The molecular formula is C22H26N4O5. The number of pyridine rings is 1. The molecule has 1 aromatic heterocycles. The van der Waals surface area contributed by atoms with Gasteiger partial charge in [-0.3, -0.25) is 9.59 Å². The molecule has 0 spiro atoms. The number of rotatable bonds is 8. The summed E-state index contributed by atoms with van der Waals surface area (Å²) >= 11 is 0. The van der Waals surface area contributed by atoms with Gasteiger partial charge in [-0.2, -0.15) is 0 Å². The van der Waals surface area contributed by atoms with Crippen LogP contribution in [-0.4, -0.2) is 42.7 Å². The highest BCUT2D eigenvalue weighted by molar-refractivity contribution is 5.96. The first-order valence-corrected chi connectivity index (χ1v) is 10.2. The lowest BCUT2D eigenvalue weighted by atomic mass is 10.2. The Morgan fingerprint density at radius 3 is 2.52 bits per heavy atom. The van der Waals surface area contributed by atoms with Crippen molar-refractivity contribution in [1.29, 1.82) is 0 Å². The predicted molar refractivity (Wildman–Crippen MR) is 114 cm³/mol. The molecule has 0 unspecified atom stereocenters. The van der Waals surface area contributed by atoms with Crippen molar-refractivity contribution >= 4 is 23.6 Å². The molecule has 0 aliphatic heterocycles. The quantitative estimate of drug-likeness (QED) is 0.559. The molecule has 1 aromatic carbocycles. The number of urea groups is 1. The van der Waals surface area contributed by atoms with Gasteiger partial charge in [0.15, 0.2) is 0 Å². The van der Waals surface area contributed by atoms with E-state index in [2.05, 4.69) is 25.7 Å². The molecule has 31 heavy (non-hydrogen) atoms. The SMILES string of the molecule is COC(=O)CNC(=O)c1ccc(NC(=O)NCc2cccnc2OC2CCCC2)cc1. The zero-order chi connectivity index (χ0) is 22.1. The number of nitrogens with zero attached hydrogens (tertiary/aromatic N) is 1. The van der Waals surface area contributed by atoms with E-state index in [1.807, 2.05) is 6.07 Å². The average Bonchev–Trinajstić information content (AvgIpc) is 3.30. The van der Waals surface area contributed by atoms with E-state index in [4.69, 9.17) is 4.74 Å². The molecule has 0 atom stereocenters. The van der Waals surface area contributed by atoms with Gasteiger partial charge in [-0.15, -0.1) is 0 Å². The number of amides is 3. The van der Waals surface area contributed by atoms with Crippen molar-refractivity contribution in [3.8, 4) is 5.88 Å². The molecule has 0 radical (unpaired) electrons. The maximum absolute atomic E-state index is 12.3. The van der Waals surface area contributed by atoms with Crippen molar-refractivity contribution in [2.24, 2.45) is 0 Å². The first-order valence-electron chi connectivity index (χ1n) is 10.2. The second-order valence-electron chi connectivity index (χ2n) is 7.14. The van der Waals surface area contributed by atoms with Gasteiger partial charge in [-0.25, -0.2) is 9.78 Å². The molecule has 2 aromatic rings. The van der Waals surface area contributed by atoms with Gasteiger partial charge in [0.2, 0.25) is 5.88 Å². The van der Waals surface area contributed by atoms with Crippen LogP contribution in [0.3, 0.4) is 0 Å². The summed E-state index contributed by atoms with van der Waals surface area (Å²) in [5.41, 5.74) is 1.69. The summed E-state index contributed by atoms with van der Waals surface area (Å²) < 4.78 is 10.5. The third kappa shape index (κ3) is 6.70. The summed E-state index contributed by atoms with van der Waals surface area (Å²) in [7, 11) is 1.25. The van der Waals surface area contributed by atoms with Crippen LogP contribution in [0.15, 0.2) is 42.6 Å². The zero-order valence-corrected chi connectivity index (χ0v) is 17.3. The van der Waals surface area contributed by atoms with Gasteiger partial charge in [0.05, 0.1) is 7.11 Å². The standard InChI is InChI=1S/C22H26N4O5/c1-30-19(27)14-24-20(28)15-8-10-17(11-9-15)26-22(29)25-13-16-5-4-12-23-21(16)31-18-6-2-3-7-18/h4-5,8-12,18H,2-3,6-7,13-14H2,1H3,(H,24,28)(H2,25,26,29). The van der Waals surface area contributed by atoms with Crippen LogP contribution in [0.25, 0.3) is 0 Å². The average molecular weight is 426 g/mol. The van der Waals surface area contributed by atoms with Crippen LogP contribution in [0.2, 0.25) is 0 Å². The summed E-state index contributed by atoms with van der Waals surface area (Å²) in [6.07, 6.45) is 6.25. The fourth-order valence-corrected chi connectivity index (χ4v) is 3.21. The number of hydrogen-bond acceptors (Lipinski definition) is 6. The van der Waals surface area contributed by atoms with Crippen molar-refractivity contribution < 1.29 is 23.9 Å². The van der Waals surface area contributed by atoms with Gasteiger partial charge in [-0.1, -0.05) is 6.07 Å². The second-order valence-corrected chi connectivity index (χ2v) is 7.14. The number of carbonyl (C=O) groups is 3. The molecule has 9 nitrogen and oxygen atoms in total. The highest BCUT2D eigenvalue weighted by atomic mass is 16.5. The largest absolute Gasteiger partial charge is 0.474 e. The third-order valence-electron chi connectivity index (χ3n) is 4.90. The minimum Gasteiger partial charge on any atom is -0.474 e. The first-order chi connectivity index (χ1) is 15.0. The van der Waals surface area contributed by atoms with Gasteiger partial charge in [0.1, 0.15) is 12.6 Å². The van der Waals surface area contributed by atoms with E-state index in [1.165, 1.54) is 20.0 Å². The molecule has 3 rings (SSSR count). The first kappa shape index (κ1) is 22.1. The van der Waals surface area contributed by atoms with Gasteiger partial charge in [0.25, 0.3) is 5.91 Å². The summed E-state index contributed by atoms with van der Waals surface area (Å²) in [5.74, 6) is -0.390. The van der Waals surface area contributed by atoms with Crippen LogP contribution in [0.5, 0.6) is 5.88 Å². The third-order valence-corrected chi connectivity index (χ3v) is 4.90. The van der Waals surface area contributed by atoms with Crippen LogP contribution in [-0.2, 0) is 16.1 Å². The van der Waals surface area contributed by atoms with E-state index < -0.39 is 17.9 Å². The minimum absolute atomic E-state index is 0.186. The summed E-state index contributed by atoms with van der Waals surface area (Å²) in [4.78, 5) is 39.6. The van der Waals surface area contributed by atoms with Crippen molar-refractivity contribution in [3.05, 3.63) is 53.7 Å². The molecule has 1 heterocycles. The number of ether oxygens (including phenoxy) is 2. The van der Waals surface area contributed by atoms with Crippen LogP contribution >= 0.6 is 0 Å². The number of aromatic nitrogens is 1. The Bertz CT molecular complexity index is 910. The predicted octanol–water partition coefficient (Wildman–Crippen LogP) is 2.63. The van der Waals surface area contributed by atoms with E-state index >= 15 is 0 Å². The van der Waals surface area contributed by atoms with Gasteiger partial charge in [-0.05, 0) is 56.0 Å². The van der Waals surface area contributed by atoms with Crippen molar-refractivity contribution in [3.63, 3.8) is 0 Å².